The lowest BCUT2D eigenvalue weighted by Gasteiger charge is -2.38. The third-order valence-corrected chi connectivity index (χ3v) is 5.24. The van der Waals surface area contributed by atoms with Crippen LogP contribution in [0.2, 0.25) is 0 Å². The van der Waals surface area contributed by atoms with Gasteiger partial charge in [0.05, 0.1) is 12.0 Å². The van der Waals surface area contributed by atoms with E-state index in [1.807, 2.05) is 11.8 Å². The van der Waals surface area contributed by atoms with Crippen molar-refractivity contribution in [3.8, 4) is 0 Å². The lowest BCUT2D eigenvalue weighted by atomic mass is 9.83. The zero-order valence-electron chi connectivity index (χ0n) is 15.0. The second kappa shape index (κ2) is 7.04. The van der Waals surface area contributed by atoms with Crippen LogP contribution < -0.4 is 5.73 Å². The van der Waals surface area contributed by atoms with Crippen molar-refractivity contribution < 1.29 is 9.59 Å². The van der Waals surface area contributed by atoms with Crippen LogP contribution in [-0.4, -0.2) is 53.8 Å². The van der Waals surface area contributed by atoms with Crippen molar-refractivity contribution in [3.63, 3.8) is 0 Å². The zero-order chi connectivity index (χ0) is 17.2. The lowest BCUT2D eigenvalue weighted by molar-refractivity contribution is -0.139. The van der Waals surface area contributed by atoms with Crippen LogP contribution in [-0.2, 0) is 9.59 Å². The minimum absolute atomic E-state index is 0.128. The normalized spacial score (nSPS) is 25.0. The summed E-state index contributed by atoms with van der Waals surface area (Å²) in [5.74, 6) is -0.344. The van der Waals surface area contributed by atoms with Crippen molar-refractivity contribution in [3.05, 3.63) is 11.6 Å². The lowest BCUT2D eigenvalue weighted by Crippen LogP contribution is -2.52. The fourth-order valence-electron chi connectivity index (χ4n) is 3.55. The van der Waals surface area contributed by atoms with Gasteiger partial charge >= 0.3 is 0 Å². The highest BCUT2D eigenvalue weighted by Gasteiger charge is 2.32. The number of rotatable bonds is 3. The van der Waals surface area contributed by atoms with E-state index >= 15 is 0 Å². The average Bonchev–Trinajstić information content (AvgIpc) is 2.53. The Bertz CT molecular complexity index is 493. The fourth-order valence-corrected chi connectivity index (χ4v) is 3.55. The molecule has 2 atom stereocenters. The molecule has 2 rings (SSSR count). The summed E-state index contributed by atoms with van der Waals surface area (Å²) in [7, 11) is 0. The molecule has 0 bridgehead atoms. The molecule has 0 unspecified atom stereocenters. The van der Waals surface area contributed by atoms with Gasteiger partial charge in [0.2, 0.25) is 11.8 Å². The minimum atomic E-state index is -0.286. The van der Waals surface area contributed by atoms with Gasteiger partial charge in [-0.15, -0.1) is 0 Å². The van der Waals surface area contributed by atoms with E-state index in [4.69, 9.17) is 5.73 Å². The van der Waals surface area contributed by atoms with Crippen LogP contribution in [0.15, 0.2) is 11.6 Å². The standard InChI is InChI=1S/C18H31N3O2/c1-13(20-10-7-15(8-11-20)18(2,3)4)17(23)21-9-5-6-14(12-21)16(19)22/h7,13-14H,5-6,8-12H2,1-4H3,(H2,19,22)/t13-,14-/m1/s1. The van der Waals surface area contributed by atoms with Crippen LogP contribution in [0.4, 0.5) is 0 Å². The Balaban J connectivity index is 1.95. The first kappa shape index (κ1) is 18.0. The van der Waals surface area contributed by atoms with Gasteiger partial charge in [0, 0.05) is 26.2 Å². The highest BCUT2D eigenvalue weighted by molar-refractivity contribution is 5.83. The van der Waals surface area contributed by atoms with Gasteiger partial charge in [0.1, 0.15) is 0 Å². The number of hydrogen-bond donors (Lipinski definition) is 1. The Morgan fingerprint density at radius 2 is 2.00 bits per heavy atom. The maximum absolute atomic E-state index is 12.8. The minimum Gasteiger partial charge on any atom is -0.369 e. The molecule has 0 aromatic rings. The number of amides is 2. The highest BCUT2D eigenvalue weighted by Crippen LogP contribution is 2.30. The van der Waals surface area contributed by atoms with E-state index in [1.54, 1.807) is 0 Å². The first-order valence-electron chi connectivity index (χ1n) is 8.72. The van der Waals surface area contributed by atoms with Gasteiger partial charge in [0.15, 0.2) is 0 Å². The summed E-state index contributed by atoms with van der Waals surface area (Å²) < 4.78 is 0. The number of carbonyl (C=O) groups is 2. The van der Waals surface area contributed by atoms with Gasteiger partial charge in [-0.2, -0.15) is 0 Å². The SMILES string of the molecule is C[C@H](C(=O)N1CCC[C@@H](C(N)=O)C1)N1CC=C(C(C)(C)C)CC1. The molecule has 0 radical (unpaired) electrons. The van der Waals surface area contributed by atoms with Crippen molar-refractivity contribution in [1.29, 1.82) is 0 Å². The van der Waals surface area contributed by atoms with E-state index in [0.29, 0.717) is 6.54 Å². The monoisotopic (exact) mass is 321 g/mol. The molecule has 2 amide bonds. The second-order valence-electron chi connectivity index (χ2n) is 7.93. The first-order valence-corrected chi connectivity index (χ1v) is 8.72. The molecule has 0 aromatic carbocycles. The number of nitrogens with zero attached hydrogens (tertiary/aromatic N) is 2. The van der Waals surface area contributed by atoms with Gasteiger partial charge in [0.25, 0.3) is 0 Å². The van der Waals surface area contributed by atoms with Crippen molar-refractivity contribution in [1.82, 2.24) is 9.80 Å². The molecule has 2 N–H and O–H groups in total. The van der Waals surface area contributed by atoms with Crippen molar-refractivity contribution in [2.45, 2.75) is 53.0 Å². The maximum Gasteiger partial charge on any atom is 0.239 e. The van der Waals surface area contributed by atoms with Gasteiger partial charge < -0.3 is 10.6 Å². The summed E-state index contributed by atoms with van der Waals surface area (Å²) in [6.45, 7) is 11.7. The van der Waals surface area contributed by atoms with E-state index < -0.39 is 0 Å². The Kier molecular flexibility index (Phi) is 5.50. The number of hydrogen-bond acceptors (Lipinski definition) is 3. The molecule has 2 aliphatic rings. The highest BCUT2D eigenvalue weighted by atomic mass is 16.2. The topological polar surface area (TPSA) is 66.6 Å². The third kappa shape index (κ3) is 4.34. The fraction of sp³-hybridized carbons (Fsp3) is 0.778. The summed E-state index contributed by atoms with van der Waals surface area (Å²) in [5, 5.41) is 0. The molecule has 0 aromatic heterocycles. The van der Waals surface area contributed by atoms with Crippen LogP contribution in [0.1, 0.15) is 47.0 Å². The van der Waals surface area contributed by atoms with Crippen LogP contribution >= 0.6 is 0 Å². The number of piperidine rings is 1. The molecule has 1 saturated heterocycles. The predicted molar refractivity (Wildman–Crippen MR) is 91.7 cm³/mol. The zero-order valence-corrected chi connectivity index (χ0v) is 15.0. The second-order valence-corrected chi connectivity index (χ2v) is 7.93. The molecule has 0 saturated carbocycles. The summed E-state index contributed by atoms with van der Waals surface area (Å²) >= 11 is 0. The predicted octanol–water partition coefficient (Wildman–Crippen LogP) is 1.78. The molecule has 0 spiro atoms. The Morgan fingerprint density at radius 1 is 1.30 bits per heavy atom. The molecule has 1 fully saturated rings. The molecule has 130 valence electrons. The summed E-state index contributed by atoms with van der Waals surface area (Å²) in [6.07, 6.45) is 4.95. The van der Waals surface area contributed by atoms with Crippen LogP contribution in [0.5, 0.6) is 0 Å². The third-order valence-electron chi connectivity index (χ3n) is 5.24. The molecule has 23 heavy (non-hydrogen) atoms. The maximum atomic E-state index is 12.8. The summed E-state index contributed by atoms with van der Waals surface area (Å²) in [6, 6.07) is -0.139. The van der Waals surface area contributed by atoms with Gasteiger partial charge in [-0.25, -0.2) is 0 Å². The van der Waals surface area contributed by atoms with Crippen molar-refractivity contribution in [2.24, 2.45) is 17.1 Å². The Labute approximate surface area is 139 Å². The summed E-state index contributed by atoms with van der Waals surface area (Å²) in [5.41, 5.74) is 7.09. The molecule has 5 nitrogen and oxygen atoms in total. The molecule has 2 aliphatic heterocycles. The first-order chi connectivity index (χ1) is 10.7. The van der Waals surface area contributed by atoms with Gasteiger partial charge in [-0.05, 0) is 31.6 Å². The van der Waals surface area contributed by atoms with E-state index in [0.717, 1.165) is 38.9 Å². The molecule has 5 heteroatoms. The quantitative estimate of drug-likeness (QED) is 0.806. The van der Waals surface area contributed by atoms with Gasteiger partial charge in [-0.1, -0.05) is 32.4 Å². The van der Waals surface area contributed by atoms with E-state index in [9.17, 15) is 9.59 Å². The molecule has 0 aliphatic carbocycles. The van der Waals surface area contributed by atoms with E-state index in [2.05, 4.69) is 31.7 Å². The van der Waals surface area contributed by atoms with Crippen LogP contribution in [0.3, 0.4) is 0 Å². The van der Waals surface area contributed by atoms with Crippen LogP contribution in [0, 0.1) is 11.3 Å². The van der Waals surface area contributed by atoms with E-state index in [1.165, 1.54) is 5.57 Å². The number of primary amides is 1. The van der Waals surface area contributed by atoms with Gasteiger partial charge in [-0.3, -0.25) is 14.5 Å². The smallest absolute Gasteiger partial charge is 0.239 e. The largest absolute Gasteiger partial charge is 0.369 e. The number of likely N-dealkylation sites (tertiary alicyclic amines) is 1. The Morgan fingerprint density at radius 3 is 2.52 bits per heavy atom. The molecular weight excluding hydrogens is 290 g/mol. The summed E-state index contributed by atoms with van der Waals surface area (Å²) in [4.78, 5) is 28.2. The van der Waals surface area contributed by atoms with Crippen molar-refractivity contribution >= 4 is 11.8 Å². The molecule has 2 heterocycles. The Hall–Kier alpha value is -1.36. The number of carbonyl (C=O) groups excluding carboxylic acids is 2. The van der Waals surface area contributed by atoms with Crippen molar-refractivity contribution in [2.75, 3.05) is 26.2 Å². The van der Waals surface area contributed by atoms with Crippen LogP contribution in [0.25, 0.3) is 0 Å². The average molecular weight is 321 g/mol. The molecular formula is C18H31N3O2. The number of nitrogens with two attached hydrogens (primary N) is 1. The van der Waals surface area contributed by atoms with E-state index in [-0.39, 0.29) is 29.2 Å².